The highest BCUT2D eigenvalue weighted by Crippen LogP contribution is 2.51. The van der Waals surface area contributed by atoms with Crippen molar-refractivity contribution in [1.29, 1.82) is 0 Å². The minimum Gasteiger partial charge on any atom is -0.300 e. The van der Waals surface area contributed by atoms with Gasteiger partial charge in [0.2, 0.25) is 22.9 Å². The molecule has 1 N–H and O–H groups in total. The molecule has 2 fully saturated rings. The van der Waals surface area contributed by atoms with Gasteiger partial charge in [-0.3, -0.25) is 19.3 Å². The summed E-state index contributed by atoms with van der Waals surface area (Å²) in [6.07, 6.45) is 6.84. The van der Waals surface area contributed by atoms with Gasteiger partial charge in [-0.25, -0.2) is 0 Å². The quantitative estimate of drug-likeness (QED) is 0.554. The zero-order valence-corrected chi connectivity index (χ0v) is 18.0. The van der Waals surface area contributed by atoms with Crippen LogP contribution in [-0.2, 0) is 20.8 Å². The number of anilines is 1. The van der Waals surface area contributed by atoms with Crippen LogP contribution in [0.15, 0.2) is 42.5 Å². The van der Waals surface area contributed by atoms with E-state index in [0.717, 1.165) is 29.8 Å². The summed E-state index contributed by atoms with van der Waals surface area (Å²) < 4.78 is 0. The zero-order valence-electron chi connectivity index (χ0n) is 17.2. The molecule has 1 saturated carbocycles. The minimum absolute atomic E-state index is 0.00919. The van der Waals surface area contributed by atoms with Crippen LogP contribution in [0.1, 0.15) is 42.8 Å². The van der Waals surface area contributed by atoms with Crippen LogP contribution in [0.25, 0.3) is 0 Å². The van der Waals surface area contributed by atoms with E-state index in [0.29, 0.717) is 5.13 Å². The number of carbonyl (C=O) groups excluding carboxylic acids is 3. The fraction of sp³-hybridized carbons (Fsp3) is 0.435. The van der Waals surface area contributed by atoms with Crippen LogP contribution in [0, 0.1) is 23.7 Å². The van der Waals surface area contributed by atoms with Gasteiger partial charge < -0.3 is 5.32 Å². The number of aryl methyl sites for hydroxylation is 1. The first-order valence-electron chi connectivity index (χ1n) is 10.8. The van der Waals surface area contributed by atoms with Gasteiger partial charge in [-0.05, 0) is 36.7 Å². The van der Waals surface area contributed by atoms with Crippen LogP contribution in [0.2, 0.25) is 0 Å². The summed E-state index contributed by atoms with van der Waals surface area (Å²) in [6, 6.07) is 8.71. The number of nitrogens with zero attached hydrogens (tertiary/aromatic N) is 3. The number of imide groups is 1. The first-order chi connectivity index (χ1) is 15.1. The second kappa shape index (κ2) is 8.00. The summed E-state index contributed by atoms with van der Waals surface area (Å²) in [5, 5.41) is 12.1. The van der Waals surface area contributed by atoms with Gasteiger partial charge in [0.25, 0.3) is 0 Å². The molecule has 6 rings (SSSR count). The van der Waals surface area contributed by atoms with Gasteiger partial charge in [0.1, 0.15) is 5.01 Å². The number of carbonyl (C=O) groups is 3. The lowest BCUT2D eigenvalue weighted by Crippen LogP contribution is -2.38. The minimum atomic E-state index is -0.634. The molecule has 3 aliphatic carbocycles. The molecule has 3 amide bonds. The number of hydrogen-bond acceptors (Lipinski definition) is 6. The molecule has 2 bridgehead atoms. The van der Waals surface area contributed by atoms with E-state index in [1.165, 1.54) is 16.2 Å². The molecule has 1 aromatic carbocycles. The van der Waals surface area contributed by atoms with Crippen molar-refractivity contribution in [3.63, 3.8) is 0 Å². The molecule has 1 aliphatic heterocycles. The van der Waals surface area contributed by atoms with E-state index >= 15 is 0 Å². The Morgan fingerprint density at radius 3 is 2.29 bits per heavy atom. The van der Waals surface area contributed by atoms with E-state index in [2.05, 4.69) is 27.7 Å². The fourth-order valence-electron chi connectivity index (χ4n) is 5.23. The van der Waals surface area contributed by atoms with Crippen molar-refractivity contribution in [3.8, 4) is 0 Å². The second-order valence-electron chi connectivity index (χ2n) is 8.42. The first-order valence-corrected chi connectivity index (χ1v) is 11.6. The normalized spacial score (nSPS) is 27.5. The third-order valence-corrected chi connectivity index (χ3v) is 7.67. The smallest absolute Gasteiger partial charge is 0.234 e. The van der Waals surface area contributed by atoms with E-state index < -0.39 is 6.04 Å². The van der Waals surface area contributed by atoms with Crippen molar-refractivity contribution in [2.45, 2.75) is 38.6 Å². The molecule has 8 heteroatoms. The lowest BCUT2D eigenvalue weighted by atomic mass is 9.63. The Labute approximate surface area is 184 Å². The highest BCUT2D eigenvalue weighted by Gasteiger charge is 2.58. The summed E-state index contributed by atoms with van der Waals surface area (Å²) in [4.78, 5) is 41.2. The number of fused-ring (bicyclic) bond motifs is 1. The average Bonchev–Trinajstić information content (AvgIpc) is 3.37. The van der Waals surface area contributed by atoms with E-state index in [4.69, 9.17) is 0 Å². The third kappa shape index (κ3) is 3.48. The summed E-state index contributed by atoms with van der Waals surface area (Å²) in [5.74, 6) is -0.906. The van der Waals surface area contributed by atoms with E-state index in [9.17, 15) is 14.4 Å². The van der Waals surface area contributed by atoms with Crippen molar-refractivity contribution in [1.82, 2.24) is 15.1 Å². The van der Waals surface area contributed by atoms with Crippen molar-refractivity contribution in [2.24, 2.45) is 23.7 Å². The Kier molecular flexibility index (Phi) is 5.17. The molecule has 0 radical (unpaired) electrons. The number of hydrogen-bond donors (Lipinski definition) is 1. The molecule has 2 aromatic rings. The van der Waals surface area contributed by atoms with Crippen LogP contribution >= 0.6 is 11.3 Å². The van der Waals surface area contributed by atoms with Crippen LogP contribution in [-0.4, -0.2) is 32.8 Å². The van der Waals surface area contributed by atoms with Crippen LogP contribution in [0.5, 0.6) is 0 Å². The van der Waals surface area contributed by atoms with Crippen molar-refractivity contribution >= 4 is 34.2 Å². The fourth-order valence-corrected chi connectivity index (χ4v) is 5.93. The molecule has 2 heterocycles. The molecule has 160 valence electrons. The SMILES string of the molecule is CCc1nnc(NC(=O)C[C@H](c2ccccc2)N2C(=O)[C@@H]3[C@@H](C2=O)[C@H]2C=C[C@H]3CC2)s1. The molecule has 0 unspecified atom stereocenters. The zero-order chi connectivity index (χ0) is 21.5. The lowest BCUT2D eigenvalue weighted by molar-refractivity contribution is -0.143. The predicted octanol–water partition coefficient (Wildman–Crippen LogP) is 3.37. The highest BCUT2D eigenvalue weighted by atomic mass is 32.1. The van der Waals surface area contributed by atoms with Gasteiger partial charge in [-0.1, -0.05) is 60.7 Å². The third-order valence-electron chi connectivity index (χ3n) is 6.68. The lowest BCUT2D eigenvalue weighted by Gasteiger charge is -2.38. The summed E-state index contributed by atoms with van der Waals surface area (Å²) >= 11 is 1.33. The Morgan fingerprint density at radius 1 is 1.10 bits per heavy atom. The van der Waals surface area contributed by atoms with Gasteiger partial charge in [-0.2, -0.15) is 0 Å². The molecule has 31 heavy (non-hydrogen) atoms. The highest BCUT2D eigenvalue weighted by molar-refractivity contribution is 7.15. The van der Waals surface area contributed by atoms with Gasteiger partial charge in [0, 0.05) is 0 Å². The number of amides is 3. The van der Waals surface area contributed by atoms with E-state index in [-0.39, 0.29) is 47.8 Å². The van der Waals surface area contributed by atoms with Crippen molar-refractivity contribution < 1.29 is 14.4 Å². The largest absolute Gasteiger partial charge is 0.300 e. The topological polar surface area (TPSA) is 92.3 Å². The Balaban J connectivity index is 1.42. The molecular weight excluding hydrogens is 412 g/mol. The van der Waals surface area contributed by atoms with Crippen LogP contribution in [0.4, 0.5) is 5.13 Å². The van der Waals surface area contributed by atoms with Crippen molar-refractivity contribution in [2.75, 3.05) is 5.32 Å². The molecule has 0 spiro atoms. The first kappa shape index (κ1) is 20.1. The summed E-state index contributed by atoms with van der Waals surface area (Å²) in [7, 11) is 0. The number of likely N-dealkylation sites (tertiary alicyclic amines) is 1. The standard InChI is InChI=1S/C23H24N4O3S/c1-2-18-25-26-23(31-18)24-17(28)12-16(13-6-4-3-5-7-13)27-21(29)19-14-8-9-15(11-10-14)20(19)22(27)30/h3-9,14-16,19-20H,2,10-12H2,1H3,(H,24,26,28)/t14-,15-,16+,19-,20-/m0/s1. The summed E-state index contributed by atoms with van der Waals surface area (Å²) in [5.41, 5.74) is 0.782. The maximum absolute atomic E-state index is 13.5. The maximum atomic E-state index is 13.5. The molecule has 1 saturated heterocycles. The number of nitrogens with one attached hydrogen (secondary N) is 1. The molecule has 7 nitrogen and oxygen atoms in total. The molecule has 4 aliphatic rings. The van der Waals surface area contributed by atoms with Crippen LogP contribution < -0.4 is 5.32 Å². The Hall–Kier alpha value is -2.87. The average molecular weight is 437 g/mol. The van der Waals surface area contributed by atoms with Gasteiger partial charge in [0.15, 0.2) is 0 Å². The number of aromatic nitrogens is 2. The molecule has 5 atom stereocenters. The predicted molar refractivity (Wildman–Crippen MR) is 116 cm³/mol. The molecular formula is C23H24N4O3S. The second-order valence-corrected chi connectivity index (χ2v) is 9.48. The van der Waals surface area contributed by atoms with Gasteiger partial charge >= 0.3 is 0 Å². The Bertz CT molecular complexity index is 1020. The summed E-state index contributed by atoms with van der Waals surface area (Å²) in [6.45, 7) is 1.98. The number of allylic oxidation sites excluding steroid dienone is 2. The van der Waals surface area contributed by atoms with E-state index in [1.54, 1.807) is 0 Å². The molecule has 1 aromatic heterocycles. The van der Waals surface area contributed by atoms with Gasteiger partial charge in [0.05, 0.1) is 24.3 Å². The van der Waals surface area contributed by atoms with E-state index in [1.807, 2.05) is 37.3 Å². The van der Waals surface area contributed by atoms with Gasteiger partial charge in [-0.15, -0.1) is 10.2 Å². The van der Waals surface area contributed by atoms with Crippen LogP contribution in [0.3, 0.4) is 0 Å². The maximum Gasteiger partial charge on any atom is 0.234 e. The number of benzene rings is 1. The Morgan fingerprint density at radius 2 is 1.74 bits per heavy atom. The monoisotopic (exact) mass is 436 g/mol. The van der Waals surface area contributed by atoms with Crippen molar-refractivity contribution in [3.05, 3.63) is 53.1 Å². The number of rotatable bonds is 6.